The van der Waals surface area contributed by atoms with Crippen LogP contribution in [-0.2, 0) is 9.47 Å². The second-order valence-electron chi connectivity index (χ2n) is 4.75. The summed E-state index contributed by atoms with van der Waals surface area (Å²) in [6, 6.07) is 0. The average molecular weight is 399 g/mol. The predicted octanol–water partition coefficient (Wildman–Crippen LogP) is 2.16. The van der Waals surface area contributed by atoms with Gasteiger partial charge >= 0.3 is 0 Å². The fourth-order valence-electron chi connectivity index (χ4n) is 2.19. The van der Waals surface area contributed by atoms with Gasteiger partial charge < -0.3 is 20.1 Å². The highest BCUT2D eigenvalue weighted by Crippen LogP contribution is 2.20. The van der Waals surface area contributed by atoms with Crippen LogP contribution < -0.4 is 10.6 Å². The van der Waals surface area contributed by atoms with E-state index in [-0.39, 0.29) is 24.0 Å². The predicted molar refractivity (Wildman–Crippen MR) is 94.1 cm³/mol. The summed E-state index contributed by atoms with van der Waals surface area (Å²) in [5.41, 5.74) is 0. The summed E-state index contributed by atoms with van der Waals surface area (Å²) < 4.78 is 11.1. The van der Waals surface area contributed by atoms with Gasteiger partial charge in [0.05, 0.1) is 12.7 Å². The van der Waals surface area contributed by atoms with Crippen LogP contribution in [0.25, 0.3) is 0 Å². The molecular formula is C14H30IN3O2. The van der Waals surface area contributed by atoms with Crippen LogP contribution in [0.2, 0.25) is 0 Å². The first-order chi connectivity index (χ1) is 9.36. The monoisotopic (exact) mass is 399 g/mol. The minimum atomic E-state index is 0. The molecular weight excluding hydrogens is 369 g/mol. The smallest absolute Gasteiger partial charge is 0.191 e. The summed E-state index contributed by atoms with van der Waals surface area (Å²) in [7, 11) is 1.78. The molecule has 1 rings (SSSR count). The molecule has 0 bridgehead atoms. The van der Waals surface area contributed by atoms with Crippen molar-refractivity contribution in [3.63, 3.8) is 0 Å². The Morgan fingerprint density at radius 2 is 1.85 bits per heavy atom. The second-order valence-corrected chi connectivity index (χ2v) is 4.75. The maximum Gasteiger partial charge on any atom is 0.191 e. The molecule has 20 heavy (non-hydrogen) atoms. The van der Waals surface area contributed by atoms with E-state index in [0.29, 0.717) is 12.7 Å². The largest absolute Gasteiger partial charge is 0.380 e. The van der Waals surface area contributed by atoms with Gasteiger partial charge in [0, 0.05) is 33.4 Å². The van der Waals surface area contributed by atoms with E-state index < -0.39 is 0 Å². The Hall–Kier alpha value is -0.0800. The van der Waals surface area contributed by atoms with E-state index in [2.05, 4.69) is 15.6 Å². The van der Waals surface area contributed by atoms with Crippen LogP contribution in [0.3, 0.4) is 0 Å². The number of halogens is 1. The van der Waals surface area contributed by atoms with Crippen molar-refractivity contribution in [1.29, 1.82) is 0 Å². The Morgan fingerprint density at radius 3 is 2.50 bits per heavy atom. The maximum absolute atomic E-state index is 5.81. The molecule has 0 aromatic rings. The van der Waals surface area contributed by atoms with Crippen molar-refractivity contribution in [2.24, 2.45) is 4.99 Å². The van der Waals surface area contributed by atoms with Gasteiger partial charge in [0.2, 0.25) is 0 Å². The number of aliphatic imine (C=N–C) groups is 1. The van der Waals surface area contributed by atoms with E-state index in [1.54, 1.807) is 7.05 Å². The Balaban J connectivity index is 0.00000361. The van der Waals surface area contributed by atoms with Crippen molar-refractivity contribution in [2.45, 2.75) is 45.1 Å². The van der Waals surface area contributed by atoms with Crippen LogP contribution in [0.15, 0.2) is 4.99 Å². The summed E-state index contributed by atoms with van der Waals surface area (Å²) in [4.78, 5) is 4.16. The third kappa shape index (κ3) is 9.77. The molecule has 0 aromatic heterocycles. The molecule has 0 aromatic carbocycles. The fraction of sp³-hybridized carbons (Fsp3) is 0.929. The number of nitrogens with zero attached hydrogens (tertiary/aromatic N) is 1. The third-order valence-electron chi connectivity index (χ3n) is 3.24. The highest BCUT2D eigenvalue weighted by atomic mass is 127. The zero-order valence-electron chi connectivity index (χ0n) is 12.8. The molecule has 0 saturated heterocycles. The number of guanidine groups is 1. The minimum Gasteiger partial charge on any atom is -0.380 e. The van der Waals surface area contributed by atoms with Crippen LogP contribution in [0.5, 0.6) is 0 Å². The molecule has 1 aliphatic carbocycles. The molecule has 5 nitrogen and oxygen atoms in total. The van der Waals surface area contributed by atoms with E-state index in [0.717, 1.165) is 38.7 Å². The highest BCUT2D eigenvalue weighted by molar-refractivity contribution is 14.0. The van der Waals surface area contributed by atoms with Crippen molar-refractivity contribution in [3.05, 3.63) is 0 Å². The Bertz CT molecular complexity index is 247. The number of hydrogen-bond donors (Lipinski definition) is 2. The number of hydrogen-bond acceptors (Lipinski definition) is 3. The van der Waals surface area contributed by atoms with Crippen LogP contribution >= 0.6 is 24.0 Å². The molecule has 0 heterocycles. The average Bonchev–Trinajstić information content (AvgIpc) is 2.94. The van der Waals surface area contributed by atoms with Gasteiger partial charge in [0.1, 0.15) is 0 Å². The maximum atomic E-state index is 5.81. The minimum absolute atomic E-state index is 0. The molecule has 0 atom stereocenters. The summed E-state index contributed by atoms with van der Waals surface area (Å²) in [5, 5.41) is 6.48. The van der Waals surface area contributed by atoms with Gasteiger partial charge in [-0.1, -0.05) is 12.8 Å². The number of rotatable bonds is 9. The Labute approximate surface area is 140 Å². The third-order valence-corrected chi connectivity index (χ3v) is 3.24. The van der Waals surface area contributed by atoms with Gasteiger partial charge in [-0.05, 0) is 26.2 Å². The molecule has 1 aliphatic rings. The summed E-state index contributed by atoms with van der Waals surface area (Å²) in [5.74, 6) is 0.834. The van der Waals surface area contributed by atoms with Crippen molar-refractivity contribution < 1.29 is 9.47 Å². The van der Waals surface area contributed by atoms with Crippen molar-refractivity contribution >= 4 is 29.9 Å². The topological polar surface area (TPSA) is 54.9 Å². The SMILES string of the molecule is CCOCCNC(=NC)NCCCOC1CCCC1.I. The summed E-state index contributed by atoms with van der Waals surface area (Å²) in [6.45, 7) is 5.98. The van der Waals surface area contributed by atoms with Crippen molar-refractivity contribution in [3.8, 4) is 0 Å². The van der Waals surface area contributed by atoms with Crippen LogP contribution in [0.1, 0.15) is 39.0 Å². The van der Waals surface area contributed by atoms with Gasteiger partial charge in [-0.25, -0.2) is 0 Å². The van der Waals surface area contributed by atoms with Gasteiger partial charge in [-0.3, -0.25) is 4.99 Å². The standard InChI is InChI=1S/C14H29N3O2.HI/c1-3-18-12-10-17-14(15-2)16-9-6-11-19-13-7-4-5-8-13;/h13H,3-12H2,1-2H3,(H2,15,16,17);1H. The second kappa shape index (κ2) is 13.9. The lowest BCUT2D eigenvalue weighted by molar-refractivity contribution is 0.0574. The van der Waals surface area contributed by atoms with Crippen LogP contribution in [-0.4, -0.2) is 52.0 Å². The molecule has 0 aliphatic heterocycles. The van der Waals surface area contributed by atoms with Crippen molar-refractivity contribution in [1.82, 2.24) is 10.6 Å². The van der Waals surface area contributed by atoms with Crippen molar-refractivity contribution in [2.75, 3.05) is 40.0 Å². The highest BCUT2D eigenvalue weighted by Gasteiger charge is 2.14. The molecule has 0 amide bonds. The van der Waals surface area contributed by atoms with E-state index in [4.69, 9.17) is 9.47 Å². The van der Waals surface area contributed by atoms with E-state index >= 15 is 0 Å². The first-order valence-electron chi connectivity index (χ1n) is 7.50. The zero-order chi connectivity index (χ0) is 13.8. The number of nitrogens with one attached hydrogen (secondary N) is 2. The summed E-state index contributed by atoms with van der Waals surface area (Å²) in [6.07, 6.45) is 6.69. The number of ether oxygens (including phenoxy) is 2. The molecule has 120 valence electrons. The van der Waals surface area contributed by atoms with Crippen LogP contribution in [0.4, 0.5) is 0 Å². The Morgan fingerprint density at radius 1 is 1.15 bits per heavy atom. The molecule has 6 heteroatoms. The zero-order valence-corrected chi connectivity index (χ0v) is 15.2. The quantitative estimate of drug-likeness (QED) is 0.270. The van der Waals surface area contributed by atoms with Gasteiger partial charge in [-0.15, -0.1) is 24.0 Å². The first kappa shape index (κ1) is 19.9. The lowest BCUT2D eigenvalue weighted by Crippen LogP contribution is -2.39. The summed E-state index contributed by atoms with van der Waals surface area (Å²) >= 11 is 0. The van der Waals surface area contributed by atoms with E-state index in [1.807, 2.05) is 6.92 Å². The van der Waals surface area contributed by atoms with E-state index in [1.165, 1.54) is 25.7 Å². The molecule has 1 saturated carbocycles. The molecule has 1 fully saturated rings. The first-order valence-corrected chi connectivity index (χ1v) is 7.50. The van der Waals surface area contributed by atoms with Gasteiger partial charge in [0.25, 0.3) is 0 Å². The molecule has 0 unspecified atom stereocenters. The molecule has 0 radical (unpaired) electrons. The van der Waals surface area contributed by atoms with Gasteiger partial charge in [-0.2, -0.15) is 0 Å². The Kier molecular flexibility index (Phi) is 13.8. The van der Waals surface area contributed by atoms with E-state index in [9.17, 15) is 0 Å². The van der Waals surface area contributed by atoms with Crippen LogP contribution in [0, 0.1) is 0 Å². The normalized spacial score (nSPS) is 16.0. The molecule has 2 N–H and O–H groups in total. The molecule has 0 spiro atoms. The lowest BCUT2D eigenvalue weighted by atomic mass is 10.3. The fourth-order valence-corrected chi connectivity index (χ4v) is 2.19. The lowest BCUT2D eigenvalue weighted by Gasteiger charge is -2.13. The van der Waals surface area contributed by atoms with Gasteiger partial charge in [0.15, 0.2) is 5.96 Å².